The Morgan fingerprint density at radius 1 is 0.560 bits per heavy atom. The monoisotopic (exact) mass is 694 g/mol. The second-order valence-electron chi connectivity index (χ2n) is 17.6. The summed E-state index contributed by atoms with van der Waals surface area (Å²) >= 11 is 0. The molecule has 6 aliphatic carbocycles. The number of allylic oxidation sites excluding steroid dienone is 1. The van der Waals surface area contributed by atoms with Gasteiger partial charge in [-0.2, -0.15) is 8.78 Å². The van der Waals surface area contributed by atoms with Gasteiger partial charge in [0.15, 0.2) is 23.1 Å². The van der Waals surface area contributed by atoms with Gasteiger partial charge in [-0.3, -0.25) is 0 Å². The molecular formula is C44H58F4O2. The summed E-state index contributed by atoms with van der Waals surface area (Å²) in [6.45, 7) is 10.7. The van der Waals surface area contributed by atoms with Crippen molar-refractivity contribution >= 4 is 0 Å². The lowest BCUT2D eigenvalue weighted by molar-refractivity contribution is -0.0874. The van der Waals surface area contributed by atoms with Crippen LogP contribution in [0.1, 0.15) is 146 Å². The first-order valence-electron chi connectivity index (χ1n) is 19.9. The summed E-state index contributed by atoms with van der Waals surface area (Å²) in [4.78, 5) is 0. The van der Waals surface area contributed by atoms with Gasteiger partial charge in [-0.25, -0.2) is 8.78 Å². The van der Waals surface area contributed by atoms with Crippen LogP contribution in [0.4, 0.5) is 17.6 Å². The number of benzene rings is 2. The Balaban J connectivity index is 0.000000157. The summed E-state index contributed by atoms with van der Waals surface area (Å²) in [6.07, 6.45) is 19.6. The molecule has 0 saturated heterocycles. The van der Waals surface area contributed by atoms with Crippen molar-refractivity contribution in [2.75, 3.05) is 13.2 Å². The SMILES string of the molecule is C=C1CC2(C1)CC(C1CCC(c3ccc(OCC)c(F)c3F)CC1)C2.CCOc1ccc(C2CCC(C3CC4(CC(C)C4)C3)CC2)c(F)c1F. The van der Waals surface area contributed by atoms with Crippen molar-refractivity contribution in [3.05, 3.63) is 70.8 Å². The quantitative estimate of drug-likeness (QED) is 0.202. The van der Waals surface area contributed by atoms with Crippen molar-refractivity contribution in [1.29, 1.82) is 0 Å². The van der Waals surface area contributed by atoms with Gasteiger partial charge in [-0.1, -0.05) is 31.2 Å². The highest BCUT2D eigenvalue weighted by molar-refractivity contribution is 5.34. The molecule has 2 nitrogen and oxygen atoms in total. The predicted molar refractivity (Wildman–Crippen MR) is 192 cm³/mol. The molecule has 8 rings (SSSR count). The van der Waals surface area contributed by atoms with Gasteiger partial charge >= 0.3 is 0 Å². The van der Waals surface area contributed by atoms with E-state index in [0.717, 1.165) is 68.1 Å². The van der Waals surface area contributed by atoms with E-state index in [0.29, 0.717) is 35.2 Å². The van der Waals surface area contributed by atoms with E-state index in [1.165, 1.54) is 69.8 Å². The molecule has 6 aliphatic rings. The predicted octanol–water partition coefficient (Wildman–Crippen LogP) is 12.8. The third-order valence-corrected chi connectivity index (χ3v) is 14.1. The molecular weight excluding hydrogens is 636 g/mol. The molecule has 0 amide bonds. The molecule has 0 N–H and O–H groups in total. The van der Waals surface area contributed by atoms with Gasteiger partial charge in [-0.05, 0) is 192 Å². The molecule has 0 atom stereocenters. The molecule has 2 spiro atoms. The minimum atomic E-state index is -0.826. The van der Waals surface area contributed by atoms with Crippen molar-refractivity contribution < 1.29 is 27.0 Å². The Bertz CT molecular complexity index is 1500. The van der Waals surface area contributed by atoms with Gasteiger partial charge < -0.3 is 9.47 Å². The molecule has 2 aromatic carbocycles. The van der Waals surface area contributed by atoms with Crippen LogP contribution in [0.5, 0.6) is 11.5 Å². The zero-order valence-electron chi connectivity index (χ0n) is 30.6. The lowest BCUT2D eigenvalue weighted by Crippen LogP contribution is -2.49. The van der Waals surface area contributed by atoms with E-state index in [-0.39, 0.29) is 23.3 Å². The van der Waals surface area contributed by atoms with Gasteiger partial charge in [-0.15, -0.1) is 0 Å². The lowest BCUT2D eigenvalue weighted by atomic mass is 9.46. The van der Waals surface area contributed by atoms with Crippen LogP contribution in [-0.2, 0) is 0 Å². The smallest absolute Gasteiger partial charge is 0.200 e. The Hall–Kier alpha value is -2.50. The summed E-state index contributed by atoms with van der Waals surface area (Å²) in [5.74, 6) is 1.63. The molecule has 0 unspecified atom stereocenters. The lowest BCUT2D eigenvalue weighted by Gasteiger charge is -2.59. The van der Waals surface area contributed by atoms with Gasteiger partial charge in [0, 0.05) is 0 Å². The summed E-state index contributed by atoms with van der Waals surface area (Å²) in [5.41, 5.74) is 3.85. The summed E-state index contributed by atoms with van der Waals surface area (Å²) in [5, 5.41) is 0. The van der Waals surface area contributed by atoms with E-state index >= 15 is 0 Å². The number of halogens is 4. The maximum absolute atomic E-state index is 14.4. The number of hydrogen-bond acceptors (Lipinski definition) is 2. The zero-order valence-corrected chi connectivity index (χ0v) is 30.6. The van der Waals surface area contributed by atoms with E-state index in [9.17, 15) is 17.6 Å². The van der Waals surface area contributed by atoms with Gasteiger partial charge in [0.25, 0.3) is 0 Å². The molecule has 0 heterocycles. The van der Waals surface area contributed by atoms with Crippen LogP contribution in [0.25, 0.3) is 0 Å². The Morgan fingerprint density at radius 3 is 1.32 bits per heavy atom. The number of rotatable bonds is 8. The van der Waals surface area contributed by atoms with Crippen molar-refractivity contribution in [3.63, 3.8) is 0 Å². The molecule has 2 aromatic rings. The third kappa shape index (κ3) is 6.99. The van der Waals surface area contributed by atoms with E-state index in [2.05, 4.69) is 13.5 Å². The minimum absolute atomic E-state index is 0.0271. The van der Waals surface area contributed by atoms with E-state index in [1.807, 2.05) is 0 Å². The van der Waals surface area contributed by atoms with Gasteiger partial charge in [0.1, 0.15) is 0 Å². The fraction of sp³-hybridized carbons (Fsp3) is 0.682. The van der Waals surface area contributed by atoms with Crippen molar-refractivity contribution in [2.45, 2.75) is 135 Å². The second-order valence-corrected chi connectivity index (χ2v) is 17.6. The topological polar surface area (TPSA) is 18.5 Å². The van der Waals surface area contributed by atoms with Gasteiger partial charge in [0.2, 0.25) is 11.6 Å². The summed E-state index contributed by atoms with van der Waals surface area (Å²) in [7, 11) is 0. The fourth-order valence-electron chi connectivity index (χ4n) is 11.9. The summed E-state index contributed by atoms with van der Waals surface area (Å²) < 4.78 is 67.4. The van der Waals surface area contributed by atoms with E-state index in [4.69, 9.17) is 9.47 Å². The van der Waals surface area contributed by atoms with E-state index in [1.54, 1.807) is 38.1 Å². The minimum Gasteiger partial charge on any atom is -0.491 e. The average Bonchev–Trinajstić information content (AvgIpc) is 3.05. The molecule has 6 fully saturated rings. The van der Waals surface area contributed by atoms with Crippen LogP contribution in [0.15, 0.2) is 36.4 Å². The highest BCUT2D eigenvalue weighted by Crippen LogP contribution is 2.65. The molecule has 6 saturated carbocycles. The molecule has 50 heavy (non-hydrogen) atoms. The van der Waals surface area contributed by atoms with Crippen LogP contribution in [-0.4, -0.2) is 13.2 Å². The van der Waals surface area contributed by atoms with Crippen LogP contribution in [0, 0.1) is 63.7 Å². The number of ether oxygens (including phenoxy) is 2. The largest absolute Gasteiger partial charge is 0.491 e. The molecule has 0 bridgehead atoms. The third-order valence-electron chi connectivity index (χ3n) is 14.1. The summed E-state index contributed by atoms with van der Waals surface area (Å²) in [6, 6.07) is 6.65. The zero-order chi connectivity index (χ0) is 35.2. The first kappa shape index (κ1) is 35.9. The molecule has 0 aliphatic heterocycles. The Labute approximate surface area is 297 Å². The Kier molecular flexibility index (Phi) is 10.4. The Morgan fingerprint density at radius 2 is 0.960 bits per heavy atom. The first-order valence-corrected chi connectivity index (χ1v) is 19.9. The van der Waals surface area contributed by atoms with Crippen LogP contribution in [0.2, 0.25) is 0 Å². The maximum Gasteiger partial charge on any atom is 0.200 e. The van der Waals surface area contributed by atoms with Crippen LogP contribution < -0.4 is 9.47 Å². The molecule has 274 valence electrons. The molecule has 0 aromatic heterocycles. The highest BCUT2D eigenvalue weighted by Gasteiger charge is 2.53. The van der Waals surface area contributed by atoms with Crippen molar-refractivity contribution in [1.82, 2.24) is 0 Å². The normalized spacial score (nSPS) is 33.0. The standard InChI is InChI=1S/C22H30F2O.C22H28F2O/c2*1-3-25-19-9-8-18(20(23)21(19)24)16-6-4-15(5-7-16)17-12-22(13-17)10-14(2)11-22/h8-9,14-17H,3-7,10-13H2,1-2H3;8-9,15-17H,2-7,10-13H2,1H3. The number of hydrogen-bond donors (Lipinski definition) is 0. The van der Waals surface area contributed by atoms with Crippen LogP contribution >= 0.6 is 0 Å². The maximum atomic E-state index is 14.4. The van der Waals surface area contributed by atoms with Gasteiger partial charge in [0.05, 0.1) is 13.2 Å². The highest BCUT2D eigenvalue weighted by atomic mass is 19.2. The van der Waals surface area contributed by atoms with Crippen LogP contribution in [0.3, 0.4) is 0 Å². The first-order chi connectivity index (χ1) is 24.0. The van der Waals surface area contributed by atoms with E-state index < -0.39 is 23.3 Å². The second kappa shape index (κ2) is 14.5. The van der Waals surface area contributed by atoms with Crippen molar-refractivity contribution in [2.24, 2.45) is 40.4 Å². The molecule has 0 radical (unpaired) electrons. The fourth-order valence-corrected chi connectivity index (χ4v) is 11.9. The average molecular weight is 695 g/mol. The molecule has 6 heteroatoms. The van der Waals surface area contributed by atoms with Crippen molar-refractivity contribution in [3.8, 4) is 11.5 Å².